The molecule has 2 nitrogen and oxygen atoms in total. The largest absolute Gasteiger partial charge is 0.404 e. The number of aliphatic imine (C=N–C) groups is 1. The van der Waals surface area contributed by atoms with Crippen LogP contribution in [0.5, 0.6) is 0 Å². The first-order valence-electron chi connectivity index (χ1n) is 4.89. The lowest BCUT2D eigenvalue weighted by atomic mass is 10.1. The second kappa shape index (κ2) is 5.71. The molecule has 15 heavy (non-hydrogen) atoms. The Labute approximate surface area is 99.0 Å². The maximum absolute atomic E-state index is 5.48. The fourth-order valence-electron chi connectivity index (χ4n) is 1.21. The zero-order chi connectivity index (χ0) is 11.3. The van der Waals surface area contributed by atoms with Gasteiger partial charge >= 0.3 is 0 Å². The molecule has 2 N–H and O–H groups in total. The van der Waals surface area contributed by atoms with Gasteiger partial charge in [0.15, 0.2) is 0 Å². The van der Waals surface area contributed by atoms with E-state index in [0.717, 1.165) is 27.9 Å². The average molecular weight is 267 g/mol. The summed E-state index contributed by atoms with van der Waals surface area (Å²) in [7, 11) is 0. The normalized spacial score (nSPS) is 13.0. The van der Waals surface area contributed by atoms with Crippen LogP contribution in [-0.2, 0) is 0 Å². The average Bonchev–Trinajstić information content (AvgIpc) is 2.27. The zero-order valence-corrected chi connectivity index (χ0v) is 10.6. The first-order valence-corrected chi connectivity index (χ1v) is 5.68. The van der Waals surface area contributed by atoms with Crippen molar-refractivity contribution >= 4 is 27.3 Å². The highest BCUT2D eigenvalue weighted by Crippen LogP contribution is 2.18. The predicted molar refractivity (Wildman–Crippen MR) is 69.5 cm³/mol. The lowest BCUT2D eigenvalue weighted by Crippen LogP contribution is -2.00. The Morgan fingerprint density at radius 3 is 2.47 bits per heavy atom. The van der Waals surface area contributed by atoms with Gasteiger partial charge in [-0.15, -0.1) is 0 Å². The molecular formula is C12H15BrN2. The van der Waals surface area contributed by atoms with Gasteiger partial charge in [0.05, 0.1) is 5.69 Å². The van der Waals surface area contributed by atoms with Crippen LogP contribution in [0.2, 0.25) is 0 Å². The number of halogens is 1. The molecule has 0 fully saturated rings. The van der Waals surface area contributed by atoms with Gasteiger partial charge in [-0.1, -0.05) is 22.9 Å². The second-order valence-corrected chi connectivity index (χ2v) is 4.15. The summed E-state index contributed by atoms with van der Waals surface area (Å²) in [6, 6.07) is 7.91. The van der Waals surface area contributed by atoms with E-state index in [-0.39, 0.29) is 0 Å². The molecule has 0 saturated carbocycles. The quantitative estimate of drug-likeness (QED) is 0.831. The van der Waals surface area contributed by atoms with E-state index in [1.54, 1.807) is 6.20 Å². The van der Waals surface area contributed by atoms with Gasteiger partial charge in [0.25, 0.3) is 0 Å². The third-order valence-electron chi connectivity index (χ3n) is 2.13. The molecule has 0 aliphatic rings. The van der Waals surface area contributed by atoms with Crippen LogP contribution in [0.15, 0.2) is 45.5 Å². The van der Waals surface area contributed by atoms with Gasteiger partial charge in [-0.3, -0.25) is 4.99 Å². The number of hydrogen-bond acceptors (Lipinski definition) is 2. The van der Waals surface area contributed by atoms with Crippen LogP contribution in [0.25, 0.3) is 0 Å². The van der Waals surface area contributed by atoms with E-state index < -0.39 is 0 Å². The van der Waals surface area contributed by atoms with Crippen molar-refractivity contribution in [2.75, 3.05) is 0 Å². The van der Waals surface area contributed by atoms with Crippen LogP contribution in [0.3, 0.4) is 0 Å². The molecule has 0 amide bonds. The molecule has 1 rings (SSSR count). The summed E-state index contributed by atoms with van der Waals surface area (Å²) in [6.07, 6.45) is 2.48. The molecule has 0 heterocycles. The van der Waals surface area contributed by atoms with Crippen molar-refractivity contribution in [3.63, 3.8) is 0 Å². The van der Waals surface area contributed by atoms with Gasteiger partial charge in [-0.2, -0.15) is 0 Å². The molecular weight excluding hydrogens is 252 g/mol. The fraction of sp³-hybridized carbons (Fsp3) is 0.250. The van der Waals surface area contributed by atoms with E-state index in [4.69, 9.17) is 5.73 Å². The number of nitrogens with zero attached hydrogens (tertiary/aromatic N) is 1. The number of rotatable bonds is 3. The molecule has 80 valence electrons. The lowest BCUT2D eigenvalue weighted by molar-refractivity contribution is 1.24. The highest BCUT2D eigenvalue weighted by atomic mass is 79.9. The summed E-state index contributed by atoms with van der Waals surface area (Å²) < 4.78 is 1.06. The summed E-state index contributed by atoms with van der Waals surface area (Å²) in [5, 5.41) is 0. The molecule has 1 aromatic rings. The van der Waals surface area contributed by atoms with Crippen molar-refractivity contribution in [2.24, 2.45) is 10.7 Å². The van der Waals surface area contributed by atoms with Gasteiger partial charge in [0.2, 0.25) is 0 Å². The molecule has 0 atom stereocenters. The van der Waals surface area contributed by atoms with Crippen LogP contribution in [0, 0.1) is 0 Å². The van der Waals surface area contributed by atoms with E-state index in [9.17, 15) is 0 Å². The SMILES string of the molecule is CCC(=Nc1ccc(Br)cc1)/C(C)=C\N. The molecule has 0 aliphatic heterocycles. The summed E-state index contributed by atoms with van der Waals surface area (Å²) in [5.41, 5.74) is 8.49. The summed E-state index contributed by atoms with van der Waals surface area (Å²) in [4.78, 5) is 4.54. The Morgan fingerprint density at radius 2 is 2.00 bits per heavy atom. The summed E-state index contributed by atoms with van der Waals surface area (Å²) in [6.45, 7) is 4.05. The standard InChI is InChI=1S/C12H15BrN2/c1-3-12(9(2)8-14)15-11-6-4-10(13)5-7-11/h4-8H,3,14H2,1-2H3/b9-8-,15-12?. The molecule has 0 radical (unpaired) electrons. The van der Waals surface area contributed by atoms with E-state index in [1.807, 2.05) is 31.2 Å². The molecule has 1 aromatic carbocycles. The van der Waals surface area contributed by atoms with Gasteiger partial charge in [-0.25, -0.2) is 0 Å². The van der Waals surface area contributed by atoms with Crippen LogP contribution >= 0.6 is 15.9 Å². The smallest absolute Gasteiger partial charge is 0.0633 e. The fourth-order valence-corrected chi connectivity index (χ4v) is 1.48. The molecule has 0 saturated heterocycles. The first-order chi connectivity index (χ1) is 7.17. The van der Waals surface area contributed by atoms with Crippen molar-refractivity contribution in [3.8, 4) is 0 Å². The van der Waals surface area contributed by atoms with Gasteiger partial charge < -0.3 is 5.73 Å². The van der Waals surface area contributed by atoms with Crippen molar-refractivity contribution < 1.29 is 0 Å². The Bertz CT molecular complexity index is 377. The van der Waals surface area contributed by atoms with Gasteiger partial charge in [-0.05, 0) is 49.4 Å². The van der Waals surface area contributed by atoms with E-state index in [0.29, 0.717) is 0 Å². The monoisotopic (exact) mass is 266 g/mol. The van der Waals surface area contributed by atoms with E-state index in [1.165, 1.54) is 0 Å². The Morgan fingerprint density at radius 1 is 1.40 bits per heavy atom. The number of benzene rings is 1. The Kier molecular flexibility index (Phi) is 4.56. The van der Waals surface area contributed by atoms with Crippen molar-refractivity contribution in [1.29, 1.82) is 0 Å². The Balaban J connectivity index is 2.98. The van der Waals surface area contributed by atoms with E-state index >= 15 is 0 Å². The summed E-state index contributed by atoms with van der Waals surface area (Å²) in [5.74, 6) is 0. The maximum Gasteiger partial charge on any atom is 0.0633 e. The van der Waals surface area contributed by atoms with E-state index in [2.05, 4.69) is 27.8 Å². The molecule has 0 spiro atoms. The molecule has 0 aliphatic carbocycles. The number of nitrogens with two attached hydrogens (primary N) is 1. The Hall–Kier alpha value is -1.09. The topological polar surface area (TPSA) is 38.4 Å². The third-order valence-corrected chi connectivity index (χ3v) is 2.66. The second-order valence-electron chi connectivity index (χ2n) is 3.24. The van der Waals surface area contributed by atoms with Crippen LogP contribution < -0.4 is 5.73 Å². The van der Waals surface area contributed by atoms with Crippen LogP contribution in [-0.4, -0.2) is 5.71 Å². The van der Waals surface area contributed by atoms with Crippen LogP contribution in [0.1, 0.15) is 20.3 Å². The van der Waals surface area contributed by atoms with Crippen molar-refractivity contribution in [3.05, 3.63) is 40.5 Å². The minimum Gasteiger partial charge on any atom is -0.404 e. The molecule has 0 bridgehead atoms. The maximum atomic E-state index is 5.48. The third kappa shape index (κ3) is 3.51. The molecule has 0 aromatic heterocycles. The lowest BCUT2D eigenvalue weighted by Gasteiger charge is -2.03. The van der Waals surface area contributed by atoms with Crippen molar-refractivity contribution in [2.45, 2.75) is 20.3 Å². The zero-order valence-electron chi connectivity index (χ0n) is 9.00. The molecule has 0 unspecified atom stereocenters. The predicted octanol–water partition coefficient (Wildman–Crippen LogP) is 3.79. The van der Waals surface area contributed by atoms with Gasteiger partial charge in [0, 0.05) is 10.2 Å². The minimum atomic E-state index is 0.885. The first kappa shape index (κ1) is 12.0. The minimum absolute atomic E-state index is 0.885. The van der Waals surface area contributed by atoms with Crippen LogP contribution in [0.4, 0.5) is 5.69 Å². The number of allylic oxidation sites excluding steroid dienone is 1. The highest BCUT2D eigenvalue weighted by molar-refractivity contribution is 9.10. The van der Waals surface area contributed by atoms with Gasteiger partial charge in [0.1, 0.15) is 0 Å². The van der Waals surface area contributed by atoms with Crippen molar-refractivity contribution in [1.82, 2.24) is 0 Å². The molecule has 3 heteroatoms. The highest BCUT2D eigenvalue weighted by Gasteiger charge is 1.99. The number of hydrogen-bond donors (Lipinski definition) is 1. The summed E-state index contributed by atoms with van der Waals surface area (Å²) >= 11 is 3.39.